The molecule has 0 saturated heterocycles. The van der Waals surface area contributed by atoms with Crippen LogP contribution in [0.4, 0.5) is 4.39 Å². The summed E-state index contributed by atoms with van der Waals surface area (Å²) in [7, 11) is 0. The lowest BCUT2D eigenvalue weighted by molar-refractivity contribution is 0.336. The molecule has 52 valence electrons. The standard InChI is InChI=1S/C8H13F/c1-8-5-3-2-4-6(8)7(8)9/h6-7H,2-5H2,1H3/t6-,7-,8+/m1/s1. The van der Waals surface area contributed by atoms with Gasteiger partial charge < -0.3 is 0 Å². The Morgan fingerprint density at radius 3 is 2.67 bits per heavy atom. The first-order chi connectivity index (χ1) is 4.25. The SMILES string of the molecule is C[C@]12CCCC[C@@H]1[C@H]2F. The molecule has 0 nitrogen and oxygen atoms in total. The lowest BCUT2D eigenvalue weighted by Gasteiger charge is -2.14. The van der Waals surface area contributed by atoms with Crippen LogP contribution in [-0.4, -0.2) is 6.17 Å². The molecule has 2 saturated carbocycles. The number of hydrogen-bond donors (Lipinski definition) is 0. The van der Waals surface area contributed by atoms with E-state index in [1.807, 2.05) is 0 Å². The van der Waals surface area contributed by atoms with Gasteiger partial charge in [0.05, 0.1) is 0 Å². The zero-order valence-electron chi connectivity index (χ0n) is 5.86. The van der Waals surface area contributed by atoms with Crippen LogP contribution in [0.15, 0.2) is 0 Å². The first-order valence-electron chi connectivity index (χ1n) is 3.89. The molecular weight excluding hydrogens is 115 g/mol. The zero-order chi connectivity index (χ0) is 6.48. The summed E-state index contributed by atoms with van der Waals surface area (Å²) in [6, 6.07) is 0. The average Bonchev–Trinajstić information content (AvgIpc) is 2.38. The van der Waals surface area contributed by atoms with E-state index in [9.17, 15) is 4.39 Å². The highest BCUT2D eigenvalue weighted by molar-refractivity contribution is 5.10. The van der Waals surface area contributed by atoms with Crippen LogP contribution < -0.4 is 0 Å². The summed E-state index contributed by atoms with van der Waals surface area (Å²) < 4.78 is 12.9. The smallest absolute Gasteiger partial charge is 0.109 e. The van der Waals surface area contributed by atoms with Gasteiger partial charge in [-0.05, 0) is 18.8 Å². The van der Waals surface area contributed by atoms with E-state index in [4.69, 9.17) is 0 Å². The van der Waals surface area contributed by atoms with E-state index in [1.54, 1.807) is 0 Å². The van der Waals surface area contributed by atoms with Crippen LogP contribution >= 0.6 is 0 Å². The van der Waals surface area contributed by atoms with Crippen LogP contribution in [0.1, 0.15) is 32.6 Å². The minimum atomic E-state index is -0.444. The van der Waals surface area contributed by atoms with Crippen molar-refractivity contribution in [1.82, 2.24) is 0 Å². The summed E-state index contributed by atoms with van der Waals surface area (Å²) in [5, 5.41) is 0. The molecule has 2 rings (SSSR count). The Labute approximate surface area is 55.4 Å². The molecule has 0 aliphatic heterocycles. The summed E-state index contributed by atoms with van der Waals surface area (Å²) in [6.07, 6.45) is 4.37. The van der Waals surface area contributed by atoms with E-state index in [2.05, 4.69) is 6.92 Å². The van der Waals surface area contributed by atoms with E-state index < -0.39 is 6.17 Å². The van der Waals surface area contributed by atoms with Gasteiger partial charge in [0.15, 0.2) is 0 Å². The third kappa shape index (κ3) is 0.580. The average molecular weight is 128 g/mol. The molecule has 0 amide bonds. The quantitative estimate of drug-likeness (QED) is 0.470. The lowest BCUT2D eigenvalue weighted by Crippen LogP contribution is -2.04. The largest absolute Gasteiger partial charge is 0.247 e. The lowest BCUT2D eigenvalue weighted by atomic mass is 9.90. The number of fused-ring (bicyclic) bond motifs is 1. The monoisotopic (exact) mass is 128 g/mol. The molecule has 2 aliphatic rings. The van der Waals surface area contributed by atoms with Crippen molar-refractivity contribution in [2.75, 3.05) is 0 Å². The van der Waals surface area contributed by atoms with Gasteiger partial charge in [0, 0.05) is 5.41 Å². The second-order valence-electron chi connectivity index (χ2n) is 3.76. The van der Waals surface area contributed by atoms with E-state index in [1.165, 1.54) is 12.8 Å². The molecule has 0 heterocycles. The maximum Gasteiger partial charge on any atom is 0.109 e. The fourth-order valence-corrected chi connectivity index (χ4v) is 2.27. The number of alkyl halides is 1. The molecule has 0 radical (unpaired) electrons. The molecule has 0 aromatic carbocycles. The van der Waals surface area contributed by atoms with E-state index in [0.29, 0.717) is 5.92 Å². The summed E-state index contributed by atoms with van der Waals surface area (Å²) in [5.41, 5.74) is 0.137. The Morgan fingerprint density at radius 1 is 1.44 bits per heavy atom. The van der Waals surface area contributed by atoms with Crippen molar-refractivity contribution in [2.24, 2.45) is 11.3 Å². The van der Waals surface area contributed by atoms with Gasteiger partial charge in [-0.25, -0.2) is 4.39 Å². The maximum atomic E-state index is 12.9. The van der Waals surface area contributed by atoms with Crippen molar-refractivity contribution in [2.45, 2.75) is 38.8 Å². The van der Waals surface area contributed by atoms with Gasteiger partial charge in [0.2, 0.25) is 0 Å². The fraction of sp³-hybridized carbons (Fsp3) is 1.00. The summed E-state index contributed by atoms with van der Waals surface area (Å²) >= 11 is 0. The summed E-state index contributed by atoms with van der Waals surface area (Å²) in [4.78, 5) is 0. The summed E-state index contributed by atoms with van der Waals surface area (Å²) in [5.74, 6) is 0.450. The molecule has 0 spiro atoms. The van der Waals surface area contributed by atoms with Gasteiger partial charge in [-0.2, -0.15) is 0 Å². The fourth-order valence-electron chi connectivity index (χ4n) is 2.27. The topological polar surface area (TPSA) is 0 Å². The Hall–Kier alpha value is -0.0700. The Balaban J connectivity index is 2.10. The Morgan fingerprint density at radius 2 is 2.22 bits per heavy atom. The van der Waals surface area contributed by atoms with Crippen molar-refractivity contribution < 1.29 is 4.39 Å². The Bertz CT molecular complexity index is 133. The number of halogens is 1. The van der Waals surface area contributed by atoms with E-state index >= 15 is 0 Å². The molecule has 2 aliphatic carbocycles. The molecule has 0 bridgehead atoms. The Kier molecular flexibility index (Phi) is 0.950. The van der Waals surface area contributed by atoms with E-state index in [-0.39, 0.29) is 5.41 Å². The van der Waals surface area contributed by atoms with Gasteiger partial charge in [-0.3, -0.25) is 0 Å². The van der Waals surface area contributed by atoms with Crippen LogP contribution in [0.25, 0.3) is 0 Å². The van der Waals surface area contributed by atoms with Gasteiger partial charge in [0.25, 0.3) is 0 Å². The molecule has 1 heteroatoms. The predicted octanol–water partition coefficient (Wildman–Crippen LogP) is 2.53. The molecule has 0 unspecified atom stereocenters. The van der Waals surface area contributed by atoms with Crippen molar-refractivity contribution in [1.29, 1.82) is 0 Å². The van der Waals surface area contributed by atoms with Gasteiger partial charge in [0.1, 0.15) is 6.17 Å². The maximum absolute atomic E-state index is 12.9. The highest BCUT2D eigenvalue weighted by Gasteiger charge is 2.62. The van der Waals surface area contributed by atoms with Crippen molar-refractivity contribution in [3.05, 3.63) is 0 Å². The molecular formula is C8H13F. The zero-order valence-corrected chi connectivity index (χ0v) is 5.86. The van der Waals surface area contributed by atoms with E-state index in [0.717, 1.165) is 12.8 Å². The second kappa shape index (κ2) is 1.50. The molecule has 0 aromatic heterocycles. The van der Waals surface area contributed by atoms with Crippen LogP contribution in [0.2, 0.25) is 0 Å². The highest BCUT2D eigenvalue weighted by atomic mass is 19.1. The minimum absolute atomic E-state index is 0.137. The third-order valence-electron chi connectivity index (χ3n) is 3.20. The molecule has 2 fully saturated rings. The van der Waals surface area contributed by atoms with Crippen molar-refractivity contribution >= 4 is 0 Å². The molecule has 0 aromatic rings. The first kappa shape index (κ1) is 5.70. The molecule has 3 atom stereocenters. The number of hydrogen-bond acceptors (Lipinski definition) is 0. The number of rotatable bonds is 0. The van der Waals surface area contributed by atoms with Crippen LogP contribution in [0.5, 0.6) is 0 Å². The van der Waals surface area contributed by atoms with Crippen LogP contribution in [-0.2, 0) is 0 Å². The van der Waals surface area contributed by atoms with Gasteiger partial charge in [-0.15, -0.1) is 0 Å². The predicted molar refractivity (Wildman–Crippen MR) is 35.0 cm³/mol. The van der Waals surface area contributed by atoms with Crippen molar-refractivity contribution in [3.8, 4) is 0 Å². The van der Waals surface area contributed by atoms with Crippen LogP contribution in [0, 0.1) is 11.3 Å². The molecule has 0 N–H and O–H groups in total. The summed E-state index contributed by atoms with van der Waals surface area (Å²) in [6.45, 7) is 2.10. The minimum Gasteiger partial charge on any atom is -0.247 e. The highest BCUT2D eigenvalue weighted by Crippen LogP contribution is 2.62. The third-order valence-corrected chi connectivity index (χ3v) is 3.20. The van der Waals surface area contributed by atoms with Crippen LogP contribution in [0.3, 0.4) is 0 Å². The first-order valence-corrected chi connectivity index (χ1v) is 3.89. The normalized spacial score (nSPS) is 56.7. The second-order valence-corrected chi connectivity index (χ2v) is 3.76. The van der Waals surface area contributed by atoms with Gasteiger partial charge in [-0.1, -0.05) is 19.8 Å². The van der Waals surface area contributed by atoms with Crippen molar-refractivity contribution in [3.63, 3.8) is 0 Å². The van der Waals surface area contributed by atoms with Gasteiger partial charge >= 0.3 is 0 Å². The molecule has 9 heavy (non-hydrogen) atoms.